The molecule has 1 amide bonds. The van der Waals surface area contributed by atoms with Gasteiger partial charge in [0.2, 0.25) is 0 Å². The van der Waals surface area contributed by atoms with E-state index in [4.69, 9.17) is 16.3 Å². The zero-order valence-corrected chi connectivity index (χ0v) is 18.6. The van der Waals surface area contributed by atoms with Crippen molar-refractivity contribution in [1.82, 2.24) is 9.80 Å². The standard InChI is InChI=1S/C25H33ClN2O2/c26-25(13-11-23(12-14-25)30-24(29)28-17-5-2-6-18-28)19-21-7-9-22(10-8-21)20-27-15-3-1-4-16-27/h7-13H,1-6,14-20H2. The topological polar surface area (TPSA) is 32.8 Å². The molecule has 3 aliphatic rings. The molecule has 0 aromatic heterocycles. The van der Waals surface area contributed by atoms with Gasteiger partial charge in [0.15, 0.2) is 0 Å². The van der Waals surface area contributed by atoms with E-state index < -0.39 is 4.87 Å². The molecule has 1 atom stereocenters. The highest BCUT2D eigenvalue weighted by atomic mass is 35.5. The third-order valence-electron chi connectivity index (χ3n) is 6.38. The van der Waals surface area contributed by atoms with Crippen LogP contribution < -0.4 is 0 Å². The average Bonchev–Trinajstić information content (AvgIpc) is 2.78. The molecule has 1 aliphatic carbocycles. The van der Waals surface area contributed by atoms with Crippen molar-refractivity contribution in [3.05, 3.63) is 59.4 Å². The summed E-state index contributed by atoms with van der Waals surface area (Å²) in [5.41, 5.74) is 2.61. The van der Waals surface area contributed by atoms with Gasteiger partial charge in [0, 0.05) is 19.6 Å². The molecule has 0 spiro atoms. The fraction of sp³-hybridized carbons (Fsp3) is 0.560. The monoisotopic (exact) mass is 428 g/mol. The number of hydrogen-bond donors (Lipinski definition) is 0. The summed E-state index contributed by atoms with van der Waals surface area (Å²) in [5.74, 6) is 0.610. The summed E-state index contributed by atoms with van der Waals surface area (Å²) in [5, 5.41) is 0. The van der Waals surface area contributed by atoms with E-state index in [0.717, 1.165) is 38.9 Å². The van der Waals surface area contributed by atoms with Crippen LogP contribution in [0, 0.1) is 0 Å². The van der Waals surface area contributed by atoms with Gasteiger partial charge in [0.05, 0.1) is 4.87 Å². The summed E-state index contributed by atoms with van der Waals surface area (Å²) in [4.78, 5) is 16.2. The molecule has 2 saturated heterocycles. The highest BCUT2D eigenvalue weighted by Crippen LogP contribution is 2.32. The minimum atomic E-state index is -0.463. The molecule has 0 bridgehead atoms. The van der Waals surface area contributed by atoms with Gasteiger partial charge in [-0.1, -0.05) is 36.8 Å². The van der Waals surface area contributed by atoms with Gasteiger partial charge in [-0.05, 0) is 81.3 Å². The summed E-state index contributed by atoms with van der Waals surface area (Å²) >= 11 is 6.87. The predicted octanol–water partition coefficient (Wildman–Crippen LogP) is 5.66. The van der Waals surface area contributed by atoms with Crippen molar-refractivity contribution in [2.45, 2.75) is 62.8 Å². The van der Waals surface area contributed by atoms with Crippen LogP contribution in [0.4, 0.5) is 4.79 Å². The molecule has 162 valence electrons. The Morgan fingerprint density at radius 1 is 0.933 bits per heavy atom. The fourth-order valence-electron chi connectivity index (χ4n) is 4.56. The van der Waals surface area contributed by atoms with Gasteiger partial charge in [-0.25, -0.2) is 4.79 Å². The Labute approximate surface area is 185 Å². The lowest BCUT2D eigenvalue weighted by atomic mass is 9.91. The molecule has 5 heteroatoms. The molecule has 2 heterocycles. The largest absolute Gasteiger partial charge is 0.415 e. The number of halogens is 1. The fourth-order valence-corrected chi connectivity index (χ4v) is 4.86. The van der Waals surface area contributed by atoms with Crippen molar-refractivity contribution >= 4 is 17.7 Å². The maximum atomic E-state index is 12.3. The van der Waals surface area contributed by atoms with E-state index in [9.17, 15) is 4.79 Å². The zero-order valence-electron chi connectivity index (χ0n) is 17.8. The molecule has 4 rings (SSSR count). The number of allylic oxidation sites excluding steroid dienone is 3. The number of piperidine rings is 2. The van der Waals surface area contributed by atoms with Crippen LogP contribution in [0.3, 0.4) is 0 Å². The van der Waals surface area contributed by atoms with Gasteiger partial charge >= 0.3 is 6.09 Å². The number of alkyl halides is 1. The lowest BCUT2D eigenvalue weighted by Gasteiger charge is -2.28. The Morgan fingerprint density at radius 3 is 2.20 bits per heavy atom. The minimum Gasteiger partial charge on any atom is -0.411 e. The third-order valence-corrected chi connectivity index (χ3v) is 6.80. The van der Waals surface area contributed by atoms with Crippen molar-refractivity contribution in [2.24, 2.45) is 0 Å². The van der Waals surface area contributed by atoms with E-state index in [0.29, 0.717) is 12.2 Å². The molecular weight excluding hydrogens is 396 g/mol. The molecular formula is C25H33ClN2O2. The van der Waals surface area contributed by atoms with Gasteiger partial charge in [-0.15, -0.1) is 11.6 Å². The Balaban J connectivity index is 1.27. The number of benzene rings is 1. The number of carbonyl (C=O) groups excluding carboxylic acids is 1. The van der Waals surface area contributed by atoms with Crippen LogP contribution in [-0.2, 0) is 17.7 Å². The minimum absolute atomic E-state index is 0.239. The van der Waals surface area contributed by atoms with Crippen LogP contribution in [0.5, 0.6) is 0 Å². The number of carbonyl (C=O) groups is 1. The number of ether oxygens (including phenoxy) is 1. The van der Waals surface area contributed by atoms with Gasteiger partial charge in [-0.2, -0.15) is 0 Å². The van der Waals surface area contributed by atoms with E-state index in [1.54, 1.807) is 4.90 Å². The molecule has 1 aromatic rings. The van der Waals surface area contributed by atoms with Gasteiger partial charge in [-0.3, -0.25) is 4.90 Å². The van der Waals surface area contributed by atoms with Crippen LogP contribution in [0.2, 0.25) is 0 Å². The van der Waals surface area contributed by atoms with E-state index in [2.05, 4.69) is 29.2 Å². The normalized spacial score (nSPS) is 25.1. The Kier molecular flexibility index (Phi) is 7.16. The number of amides is 1. The van der Waals surface area contributed by atoms with E-state index in [1.165, 1.54) is 49.9 Å². The molecule has 0 radical (unpaired) electrons. The first kappa shape index (κ1) is 21.5. The first-order valence-electron chi connectivity index (χ1n) is 11.4. The first-order valence-corrected chi connectivity index (χ1v) is 11.8. The first-order chi connectivity index (χ1) is 14.6. The van der Waals surface area contributed by atoms with E-state index in [1.807, 2.05) is 18.2 Å². The van der Waals surface area contributed by atoms with Gasteiger partial charge in [0.25, 0.3) is 0 Å². The molecule has 0 saturated carbocycles. The summed E-state index contributed by atoms with van der Waals surface area (Å²) in [6.07, 6.45) is 14.3. The van der Waals surface area contributed by atoms with Crippen LogP contribution in [-0.4, -0.2) is 46.9 Å². The lowest BCUT2D eigenvalue weighted by Crippen LogP contribution is -2.36. The van der Waals surface area contributed by atoms with Crippen molar-refractivity contribution in [3.63, 3.8) is 0 Å². The quantitative estimate of drug-likeness (QED) is 0.567. The summed E-state index contributed by atoms with van der Waals surface area (Å²) in [6.45, 7) is 5.06. The SMILES string of the molecule is O=C(OC1=CCC(Cl)(Cc2ccc(CN3CCCCC3)cc2)C=C1)N1CCCCC1. The van der Waals surface area contributed by atoms with Gasteiger partial charge < -0.3 is 9.64 Å². The predicted molar refractivity (Wildman–Crippen MR) is 122 cm³/mol. The zero-order chi connectivity index (χ0) is 20.8. The maximum absolute atomic E-state index is 12.3. The van der Waals surface area contributed by atoms with Crippen LogP contribution in [0.25, 0.3) is 0 Å². The molecule has 4 nitrogen and oxygen atoms in total. The number of rotatable bonds is 5. The Hall–Kier alpha value is -1.78. The van der Waals surface area contributed by atoms with Crippen molar-refractivity contribution in [2.75, 3.05) is 26.2 Å². The van der Waals surface area contributed by atoms with Crippen molar-refractivity contribution in [1.29, 1.82) is 0 Å². The molecule has 2 fully saturated rings. The second kappa shape index (κ2) is 10.0. The molecule has 1 unspecified atom stereocenters. The van der Waals surface area contributed by atoms with E-state index >= 15 is 0 Å². The van der Waals surface area contributed by atoms with Crippen LogP contribution in [0.1, 0.15) is 56.1 Å². The van der Waals surface area contributed by atoms with Crippen LogP contribution >= 0.6 is 11.6 Å². The Bertz CT molecular complexity index is 777. The summed E-state index contributed by atoms with van der Waals surface area (Å²) in [7, 11) is 0. The second-order valence-corrected chi connectivity index (χ2v) is 9.68. The molecule has 1 aromatic carbocycles. The van der Waals surface area contributed by atoms with Crippen molar-refractivity contribution < 1.29 is 9.53 Å². The van der Waals surface area contributed by atoms with Crippen LogP contribution in [0.15, 0.2) is 48.3 Å². The molecule has 30 heavy (non-hydrogen) atoms. The lowest BCUT2D eigenvalue weighted by molar-refractivity contribution is 0.122. The highest BCUT2D eigenvalue weighted by molar-refractivity contribution is 6.25. The third kappa shape index (κ3) is 5.89. The van der Waals surface area contributed by atoms with Crippen molar-refractivity contribution in [3.8, 4) is 0 Å². The Morgan fingerprint density at radius 2 is 1.57 bits per heavy atom. The smallest absolute Gasteiger partial charge is 0.411 e. The maximum Gasteiger partial charge on any atom is 0.415 e. The summed E-state index contributed by atoms with van der Waals surface area (Å²) in [6, 6.07) is 8.87. The second-order valence-electron chi connectivity index (χ2n) is 8.92. The number of likely N-dealkylation sites (tertiary alicyclic amines) is 2. The number of hydrogen-bond acceptors (Lipinski definition) is 3. The summed E-state index contributed by atoms with van der Waals surface area (Å²) < 4.78 is 5.56. The molecule has 2 aliphatic heterocycles. The van der Waals surface area contributed by atoms with E-state index in [-0.39, 0.29) is 6.09 Å². The number of nitrogens with zero attached hydrogens (tertiary/aromatic N) is 2. The highest BCUT2D eigenvalue weighted by Gasteiger charge is 2.28. The molecule has 0 N–H and O–H groups in total. The van der Waals surface area contributed by atoms with Gasteiger partial charge in [0.1, 0.15) is 5.76 Å². The average molecular weight is 429 g/mol.